The first-order valence-corrected chi connectivity index (χ1v) is 3.47. The Morgan fingerprint density at radius 1 is 1.25 bits per heavy atom. The van der Waals surface area contributed by atoms with Crippen molar-refractivity contribution in [3.05, 3.63) is 0 Å². The van der Waals surface area contributed by atoms with Crippen molar-refractivity contribution in [2.45, 2.75) is 0 Å². The molecule has 0 unspecified atom stereocenters. The lowest BCUT2D eigenvalue weighted by Gasteiger charge is -1.99. The monoisotopic (exact) mass is 139 g/mol. The van der Waals surface area contributed by atoms with Crippen molar-refractivity contribution in [2.24, 2.45) is 0 Å². The Morgan fingerprint density at radius 3 is 1.88 bits per heavy atom. The van der Waals surface area contributed by atoms with Gasteiger partial charge in [-0.25, -0.2) is 10.1 Å². The summed E-state index contributed by atoms with van der Waals surface area (Å²) in [7, 11) is -0.494. The molecule has 50 valence electrons. The van der Waals surface area contributed by atoms with Gasteiger partial charge in [0, 0.05) is 7.05 Å². The Kier molecular flexibility index (Phi) is 2.91. The smallest absolute Gasteiger partial charge is 0.246 e. The van der Waals surface area contributed by atoms with Crippen molar-refractivity contribution in [1.82, 2.24) is 15.0 Å². The van der Waals surface area contributed by atoms with Gasteiger partial charge in [-0.2, -0.15) is 8.42 Å². The van der Waals surface area contributed by atoms with Crippen molar-refractivity contribution in [3.8, 4) is 0 Å². The molecule has 0 fully saturated rings. The first-order chi connectivity index (χ1) is 3.62. The highest BCUT2D eigenvalue weighted by Crippen LogP contribution is 1.63. The number of hydrogen-bond donors (Lipinski definition) is 3. The van der Waals surface area contributed by atoms with Crippen LogP contribution in [0.15, 0.2) is 0 Å². The molecule has 8 heavy (non-hydrogen) atoms. The zero-order valence-corrected chi connectivity index (χ0v) is 5.54. The third-order valence-electron chi connectivity index (χ3n) is 0.505. The number of hydrogen-bond acceptors (Lipinski definition) is 3. The molecule has 6 heteroatoms. The van der Waals surface area contributed by atoms with E-state index in [0.29, 0.717) is 0 Å². The maximum absolute atomic E-state index is 10.3. The van der Waals surface area contributed by atoms with Crippen LogP contribution in [0.25, 0.3) is 0 Å². The number of hydrazine groups is 1. The molecule has 0 aliphatic carbocycles. The summed E-state index contributed by atoms with van der Waals surface area (Å²) in [6.07, 6.45) is 0. The summed E-state index contributed by atoms with van der Waals surface area (Å²) in [5, 5.41) is 0. The van der Waals surface area contributed by atoms with Crippen LogP contribution in [-0.2, 0) is 10.2 Å². The third-order valence-corrected chi connectivity index (χ3v) is 1.52. The van der Waals surface area contributed by atoms with Crippen LogP contribution in [0, 0.1) is 0 Å². The van der Waals surface area contributed by atoms with E-state index in [2.05, 4.69) is 5.43 Å². The van der Waals surface area contributed by atoms with Crippen LogP contribution >= 0.6 is 0 Å². The predicted molar refractivity (Wildman–Crippen MR) is 30.2 cm³/mol. The molecular formula is C2H9N3O2S. The van der Waals surface area contributed by atoms with Gasteiger partial charge in [0.25, 0.3) is 10.2 Å². The summed E-state index contributed by atoms with van der Waals surface area (Å²) in [6, 6.07) is 0. The molecular weight excluding hydrogens is 130 g/mol. The van der Waals surface area contributed by atoms with Crippen molar-refractivity contribution in [2.75, 3.05) is 14.1 Å². The number of rotatable bonds is 3. The fraction of sp³-hybridized carbons (Fsp3) is 1.00. The second-order valence-corrected chi connectivity index (χ2v) is 2.68. The van der Waals surface area contributed by atoms with Crippen LogP contribution in [0.5, 0.6) is 0 Å². The van der Waals surface area contributed by atoms with Crippen LogP contribution in [0.4, 0.5) is 0 Å². The highest BCUT2D eigenvalue weighted by Gasteiger charge is 1.99. The summed E-state index contributed by atoms with van der Waals surface area (Å²) in [6.45, 7) is 0. The van der Waals surface area contributed by atoms with E-state index in [1.165, 1.54) is 14.1 Å². The zero-order chi connectivity index (χ0) is 6.62. The standard InChI is InChI=1S/C2H9N3O2S/c1-3-5-8(6,7)4-2/h3-5H,1-2H3. The van der Waals surface area contributed by atoms with Gasteiger partial charge >= 0.3 is 0 Å². The summed E-state index contributed by atoms with van der Waals surface area (Å²) in [5.41, 5.74) is 2.26. The quantitative estimate of drug-likeness (QED) is 0.403. The normalized spacial score (nSPS) is 11.8. The summed E-state index contributed by atoms with van der Waals surface area (Å²) in [5.74, 6) is 0. The molecule has 0 aromatic rings. The minimum absolute atomic E-state index is 1.32. The predicted octanol–water partition coefficient (Wildman–Crippen LogP) is -1.83. The molecule has 0 aromatic carbocycles. The van der Waals surface area contributed by atoms with Gasteiger partial charge in [-0.05, 0) is 7.05 Å². The molecule has 0 heterocycles. The molecule has 0 bridgehead atoms. The molecule has 0 saturated heterocycles. The molecule has 0 amide bonds. The van der Waals surface area contributed by atoms with Gasteiger partial charge in [0.1, 0.15) is 0 Å². The van der Waals surface area contributed by atoms with Crippen molar-refractivity contribution in [1.29, 1.82) is 0 Å². The molecule has 0 aromatic heterocycles. The second-order valence-electron chi connectivity index (χ2n) is 1.06. The topological polar surface area (TPSA) is 70.2 Å². The largest absolute Gasteiger partial charge is 0.289 e. The van der Waals surface area contributed by atoms with Gasteiger partial charge < -0.3 is 0 Å². The molecule has 0 aliphatic heterocycles. The summed E-state index contributed by atoms with van der Waals surface area (Å²) >= 11 is 0. The van der Waals surface area contributed by atoms with Crippen LogP contribution in [0.3, 0.4) is 0 Å². The highest BCUT2D eigenvalue weighted by molar-refractivity contribution is 7.87. The van der Waals surface area contributed by atoms with Crippen molar-refractivity contribution in [3.63, 3.8) is 0 Å². The Hall–Kier alpha value is -0.170. The van der Waals surface area contributed by atoms with E-state index >= 15 is 0 Å². The van der Waals surface area contributed by atoms with E-state index in [4.69, 9.17) is 0 Å². The lowest BCUT2D eigenvalue weighted by molar-refractivity contribution is 0.562. The highest BCUT2D eigenvalue weighted by atomic mass is 32.2. The zero-order valence-electron chi connectivity index (χ0n) is 4.72. The molecule has 0 spiro atoms. The van der Waals surface area contributed by atoms with Gasteiger partial charge in [0.2, 0.25) is 0 Å². The molecule has 0 saturated carbocycles. The van der Waals surface area contributed by atoms with Gasteiger partial charge in [-0.15, -0.1) is 4.83 Å². The minimum Gasteiger partial charge on any atom is -0.246 e. The van der Waals surface area contributed by atoms with Gasteiger partial charge in [0.15, 0.2) is 0 Å². The average molecular weight is 139 g/mol. The van der Waals surface area contributed by atoms with Crippen LogP contribution in [-0.4, -0.2) is 22.5 Å². The van der Waals surface area contributed by atoms with E-state index in [1.807, 2.05) is 9.55 Å². The molecule has 0 rings (SSSR count). The lowest BCUT2D eigenvalue weighted by Crippen LogP contribution is -2.41. The van der Waals surface area contributed by atoms with Crippen molar-refractivity contribution >= 4 is 10.2 Å². The third kappa shape index (κ3) is 2.92. The van der Waals surface area contributed by atoms with E-state index < -0.39 is 10.2 Å². The van der Waals surface area contributed by atoms with E-state index in [0.717, 1.165) is 0 Å². The first kappa shape index (κ1) is 7.83. The van der Waals surface area contributed by atoms with Crippen molar-refractivity contribution < 1.29 is 8.42 Å². The maximum Gasteiger partial charge on any atom is 0.289 e. The Labute approximate surface area is 48.6 Å². The first-order valence-electron chi connectivity index (χ1n) is 1.99. The fourth-order valence-electron chi connectivity index (χ4n) is 0.185. The lowest BCUT2D eigenvalue weighted by atomic mass is 11.5. The van der Waals surface area contributed by atoms with E-state index in [-0.39, 0.29) is 0 Å². The molecule has 5 nitrogen and oxygen atoms in total. The molecule has 0 radical (unpaired) electrons. The Morgan fingerprint density at radius 2 is 1.75 bits per heavy atom. The maximum atomic E-state index is 10.3. The SMILES string of the molecule is CNNS(=O)(=O)NC. The molecule has 0 aliphatic rings. The van der Waals surface area contributed by atoms with Crippen LogP contribution < -0.4 is 15.0 Å². The average Bonchev–Trinajstić information content (AvgIpc) is 1.67. The number of nitrogens with one attached hydrogen (secondary N) is 3. The van der Waals surface area contributed by atoms with Gasteiger partial charge in [-0.3, -0.25) is 0 Å². The fourth-order valence-corrected chi connectivity index (χ4v) is 0.556. The van der Waals surface area contributed by atoms with Crippen LogP contribution in [0.1, 0.15) is 0 Å². The van der Waals surface area contributed by atoms with E-state index in [1.54, 1.807) is 0 Å². The van der Waals surface area contributed by atoms with E-state index in [9.17, 15) is 8.42 Å². The van der Waals surface area contributed by atoms with Gasteiger partial charge in [-0.1, -0.05) is 0 Å². The second kappa shape index (κ2) is 2.98. The molecule has 0 atom stereocenters. The van der Waals surface area contributed by atoms with Gasteiger partial charge in [0.05, 0.1) is 0 Å². The van der Waals surface area contributed by atoms with Crippen LogP contribution in [0.2, 0.25) is 0 Å². The Bertz CT molecular complexity index is 139. The molecule has 3 N–H and O–H groups in total. The summed E-state index contributed by atoms with van der Waals surface area (Å²) < 4.78 is 22.7. The summed E-state index contributed by atoms with van der Waals surface area (Å²) in [4.78, 5) is 1.98. The Balaban J connectivity index is 3.76. The minimum atomic E-state index is -3.28.